The van der Waals surface area contributed by atoms with Crippen LogP contribution in [0.5, 0.6) is 11.5 Å². The summed E-state index contributed by atoms with van der Waals surface area (Å²) >= 11 is 0. The Bertz CT molecular complexity index is 569. The van der Waals surface area contributed by atoms with E-state index in [1.54, 1.807) is 26.3 Å². The van der Waals surface area contributed by atoms with Gasteiger partial charge in [-0.15, -0.1) is 0 Å². The molecule has 4 heteroatoms. The first-order valence-electron chi connectivity index (χ1n) is 6.30. The van der Waals surface area contributed by atoms with Crippen LogP contribution in [0.4, 0.5) is 4.79 Å². The summed E-state index contributed by atoms with van der Waals surface area (Å²) in [5.41, 5.74) is 0.933. The van der Waals surface area contributed by atoms with Crippen molar-refractivity contribution in [2.75, 3.05) is 14.2 Å². The lowest BCUT2D eigenvalue weighted by Gasteiger charge is -2.18. The molecule has 0 N–H and O–H groups in total. The van der Waals surface area contributed by atoms with E-state index in [-0.39, 0.29) is 0 Å². The maximum Gasteiger partial charge on any atom is 0.415 e. The van der Waals surface area contributed by atoms with E-state index in [1.165, 1.54) is 4.90 Å². The van der Waals surface area contributed by atoms with Gasteiger partial charge in [0.2, 0.25) is 0 Å². The van der Waals surface area contributed by atoms with E-state index in [4.69, 9.17) is 9.47 Å². The fourth-order valence-corrected chi connectivity index (χ4v) is 1.82. The van der Waals surface area contributed by atoms with Gasteiger partial charge < -0.3 is 14.4 Å². The summed E-state index contributed by atoms with van der Waals surface area (Å²) in [5.74, 6) is 1.29. The number of benzene rings is 2. The highest BCUT2D eigenvalue weighted by Crippen LogP contribution is 2.19. The van der Waals surface area contributed by atoms with Crippen molar-refractivity contribution in [3.63, 3.8) is 0 Å². The van der Waals surface area contributed by atoms with Gasteiger partial charge in [0.15, 0.2) is 0 Å². The highest BCUT2D eigenvalue weighted by Gasteiger charge is 2.13. The second kappa shape index (κ2) is 6.61. The summed E-state index contributed by atoms with van der Waals surface area (Å²) in [6, 6.07) is 16.6. The van der Waals surface area contributed by atoms with Crippen molar-refractivity contribution in [2.45, 2.75) is 6.54 Å². The second-order valence-corrected chi connectivity index (χ2v) is 4.35. The molecule has 4 nitrogen and oxygen atoms in total. The molecule has 0 radical (unpaired) electrons. The number of rotatable bonds is 4. The maximum absolute atomic E-state index is 12.0. The fourth-order valence-electron chi connectivity index (χ4n) is 1.82. The van der Waals surface area contributed by atoms with Gasteiger partial charge in [-0.1, -0.05) is 36.4 Å². The number of hydrogen-bond donors (Lipinski definition) is 0. The molecule has 2 aromatic carbocycles. The van der Waals surface area contributed by atoms with Gasteiger partial charge in [-0.25, -0.2) is 4.79 Å². The quantitative estimate of drug-likeness (QED) is 0.856. The van der Waals surface area contributed by atoms with Gasteiger partial charge >= 0.3 is 6.09 Å². The molecule has 0 aromatic heterocycles. The molecule has 0 aliphatic carbocycles. The van der Waals surface area contributed by atoms with Crippen molar-refractivity contribution in [2.24, 2.45) is 0 Å². The highest BCUT2D eigenvalue weighted by atomic mass is 16.6. The highest BCUT2D eigenvalue weighted by molar-refractivity contribution is 5.70. The largest absolute Gasteiger partial charge is 0.496 e. The molecule has 1 amide bonds. The van der Waals surface area contributed by atoms with E-state index in [9.17, 15) is 4.79 Å². The van der Waals surface area contributed by atoms with Crippen molar-refractivity contribution in [1.29, 1.82) is 0 Å². The van der Waals surface area contributed by atoms with Crippen molar-refractivity contribution >= 4 is 6.09 Å². The Balaban J connectivity index is 2.01. The molecule has 0 bridgehead atoms. The first-order chi connectivity index (χ1) is 9.70. The Labute approximate surface area is 118 Å². The lowest BCUT2D eigenvalue weighted by atomic mass is 10.2. The van der Waals surface area contributed by atoms with Crippen LogP contribution in [0.15, 0.2) is 54.6 Å². The molecule has 0 spiro atoms. The zero-order chi connectivity index (χ0) is 14.4. The zero-order valence-corrected chi connectivity index (χ0v) is 11.6. The minimum absolute atomic E-state index is 0.401. The third-order valence-corrected chi connectivity index (χ3v) is 2.86. The predicted molar refractivity (Wildman–Crippen MR) is 76.9 cm³/mol. The molecule has 20 heavy (non-hydrogen) atoms. The standard InChI is InChI=1S/C16H17NO3/c1-17(12-13-8-6-7-11-15(13)19-2)16(18)20-14-9-4-3-5-10-14/h3-11H,12H2,1-2H3. The Morgan fingerprint density at radius 1 is 1.05 bits per heavy atom. The maximum atomic E-state index is 12.0. The first kappa shape index (κ1) is 13.9. The molecular weight excluding hydrogens is 254 g/mol. The van der Waals surface area contributed by atoms with Crippen molar-refractivity contribution in [3.8, 4) is 11.5 Å². The van der Waals surface area contributed by atoms with Crippen LogP contribution in [0, 0.1) is 0 Å². The van der Waals surface area contributed by atoms with E-state index in [2.05, 4.69) is 0 Å². The molecule has 0 saturated heterocycles. The van der Waals surface area contributed by atoms with E-state index in [0.29, 0.717) is 12.3 Å². The third kappa shape index (κ3) is 3.51. The number of para-hydroxylation sites is 2. The Hall–Kier alpha value is -2.49. The van der Waals surface area contributed by atoms with Gasteiger partial charge in [0.25, 0.3) is 0 Å². The van der Waals surface area contributed by atoms with Gasteiger partial charge in [0, 0.05) is 12.6 Å². The number of carbonyl (C=O) groups excluding carboxylic acids is 1. The summed E-state index contributed by atoms with van der Waals surface area (Å²) in [6.07, 6.45) is -0.401. The molecule has 0 fully saturated rings. The predicted octanol–water partition coefficient (Wildman–Crippen LogP) is 3.33. The van der Waals surface area contributed by atoms with Gasteiger partial charge in [-0.05, 0) is 18.2 Å². The fraction of sp³-hybridized carbons (Fsp3) is 0.188. The van der Waals surface area contributed by atoms with Crippen LogP contribution < -0.4 is 9.47 Å². The lowest BCUT2D eigenvalue weighted by molar-refractivity contribution is 0.160. The van der Waals surface area contributed by atoms with E-state index >= 15 is 0 Å². The molecule has 0 aliphatic rings. The van der Waals surface area contributed by atoms with E-state index < -0.39 is 6.09 Å². The molecule has 2 rings (SSSR count). The lowest BCUT2D eigenvalue weighted by Crippen LogP contribution is -2.29. The minimum atomic E-state index is -0.401. The molecule has 0 unspecified atom stereocenters. The van der Waals surface area contributed by atoms with Crippen LogP contribution in [0.1, 0.15) is 5.56 Å². The van der Waals surface area contributed by atoms with Crippen LogP contribution in [0.2, 0.25) is 0 Å². The number of methoxy groups -OCH3 is 1. The van der Waals surface area contributed by atoms with Crippen molar-refractivity contribution < 1.29 is 14.3 Å². The Morgan fingerprint density at radius 2 is 1.70 bits per heavy atom. The molecule has 0 saturated carbocycles. The molecular formula is C16H17NO3. The molecule has 104 valence electrons. The summed E-state index contributed by atoms with van der Waals surface area (Å²) < 4.78 is 10.5. The number of ether oxygens (including phenoxy) is 2. The van der Waals surface area contributed by atoms with Crippen LogP contribution in [0.3, 0.4) is 0 Å². The van der Waals surface area contributed by atoms with Crippen molar-refractivity contribution in [3.05, 3.63) is 60.2 Å². The number of hydrogen-bond acceptors (Lipinski definition) is 3. The van der Waals surface area contributed by atoms with Crippen LogP contribution in [-0.4, -0.2) is 25.2 Å². The smallest absolute Gasteiger partial charge is 0.415 e. The summed E-state index contributed by atoms with van der Waals surface area (Å²) in [7, 11) is 3.30. The molecule has 0 aliphatic heterocycles. The van der Waals surface area contributed by atoms with E-state index in [1.807, 2.05) is 42.5 Å². The molecule has 2 aromatic rings. The summed E-state index contributed by atoms with van der Waals surface area (Å²) in [6.45, 7) is 0.426. The van der Waals surface area contributed by atoms with Crippen LogP contribution in [-0.2, 0) is 6.54 Å². The van der Waals surface area contributed by atoms with E-state index in [0.717, 1.165) is 11.3 Å². The average Bonchev–Trinajstić information content (AvgIpc) is 2.48. The van der Waals surface area contributed by atoms with Gasteiger partial charge in [0.05, 0.1) is 13.7 Å². The monoisotopic (exact) mass is 271 g/mol. The molecule has 0 heterocycles. The summed E-state index contributed by atoms with van der Waals surface area (Å²) in [5, 5.41) is 0. The SMILES string of the molecule is COc1ccccc1CN(C)C(=O)Oc1ccccc1. The summed E-state index contributed by atoms with van der Waals surface area (Å²) in [4.78, 5) is 13.5. The number of nitrogens with zero attached hydrogens (tertiary/aromatic N) is 1. The average molecular weight is 271 g/mol. The minimum Gasteiger partial charge on any atom is -0.496 e. The third-order valence-electron chi connectivity index (χ3n) is 2.86. The second-order valence-electron chi connectivity index (χ2n) is 4.35. The normalized spacial score (nSPS) is 9.90. The Kier molecular flexibility index (Phi) is 4.60. The Morgan fingerprint density at radius 3 is 2.40 bits per heavy atom. The number of amides is 1. The van der Waals surface area contributed by atoms with Gasteiger partial charge in [-0.3, -0.25) is 0 Å². The molecule has 0 atom stereocenters. The van der Waals surface area contributed by atoms with Crippen LogP contribution in [0.25, 0.3) is 0 Å². The zero-order valence-electron chi connectivity index (χ0n) is 11.6. The first-order valence-corrected chi connectivity index (χ1v) is 6.30. The topological polar surface area (TPSA) is 38.8 Å². The number of carbonyl (C=O) groups is 1. The van der Waals surface area contributed by atoms with Gasteiger partial charge in [-0.2, -0.15) is 0 Å². The van der Waals surface area contributed by atoms with Gasteiger partial charge in [0.1, 0.15) is 11.5 Å². The van der Waals surface area contributed by atoms with Crippen molar-refractivity contribution in [1.82, 2.24) is 4.90 Å². The van der Waals surface area contributed by atoms with Crippen LogP contribution >= 0.6 is 0 Å².